The van der Waals surface area contributed by atoms with Gasteiger partial charge in [0.1, 0.15) is 11.5 Å². The summed E-state index contributed by atoms with van der Waals surface area (Å²) in [5.74, 6) is -0.379. The Labute approximate surface area is 154 Å². The minimum atomic E-state index is -3.00. The molecule has 0 heterocycles. The molecule has 27 heavy (non-hydrogen) atoms. The maximum atomic E-state index is 12.4. The van der Waals surface area contributed by atoms with Crippen molar-refractivity contribution >= 4 is 28.9 Å². The highest BCUT2D eigenvalue weighted by atomic mass is 19.3. The first-order valence-electron chi connectivity index (χ1n) is 7.92. The average Bonchev–Trinajstić information content (AvgIpc) is 2.61. The lowest BCUT2D eigenvalue weighted by Gasteiger charge is -2.14. The van der Waals surface area contributed by atoms with Gasteiger partial charge in [-0.1, -0.05) is 12.1 Å². The molecule has 144 valence electrons. The second-order valence-corrected chi connectivity index (χ2v) is 5.37. The second-order valence-electron chi connectivity index (χ2n) is 5.37. The Morgan fingerprint density at radius 1 is 1.04 bits per heavy atom. The maximum absolute atomic E-state index is 12.4. The molecule has 0 aliphatic heterocycles. The van der Waals surface area contributed by atoms with Crippen LogP contribution in [0.4, 0.5) is 25.8 Å². The highest BCUT2D eigenvalue weighted by Gasteiger charge is 2.12. The molecule has 9 heteroatoms. The van der Waals surface area contributed by atoms with Crippen LogP contribution < -0.4 is 25.4 Å². The van der Waals surface area contributed by atoms with Crippen LogP contribution in [0.2, 0.25) is 0 Å². The largest absolute Gasteiger partial charge is 0.495 e. The molecule has 0 fully saturated rings. The molecule has 7 nitrogen and oxygen atoms in total. The van der Waals surface area contributed by atoms with Gasteiger partial charge in [0.25, 0.3) is 0 Å². The lowest BCUT2D eigenvalue weighted by Crippen LogP contribution is -2.22. The van der Waals surface area contributed by atoms with Crippen LogP contribution in [-0.2, 0) is 9.59 Å². The predicted octanol–water partition coefficient (Wildman–Crippen LogP) is 3.31. The van der Waals surface area contributed by atoms with Gasteiger partial charge < -0.3 is 25.4 Å². The molecule has 0 atom stereocenters. The normalized spacial score (nSPS) is 10.3. The fourth-order valence-electron chi connectivity index (χ4n) is 2.27. The van der Waals surface area contributed by atoms with Crippen molar-refractivity contribution in [2.24, 2.45) is 0 Å². The molecule has 2 aromatic rings. The monoisotopic (exact) mass is 379 g/mol. The summed E-state index contributed by atoms with van der Waals surface area (Å²) in [5, 5.41) is 8.01. The van der Waals surface area contributed by atoms with Crippen LogP contribution in [0.25, 0.3) is 0 Å². The van der Waals surface area contributed by atoms with Crippen molar-refractivity contribution in [1.29, 1.82) is 0 Å². The zero-order chi connectivity index (χ0) is 19.8. The minimum Gasteiger partial charge on any atom is -0.495 e. The highest BCUT2D eigenvalue weighted by Crippen LogP contribution is 2.28. The highest BCUT2D eigenvalue weighted by molar-refractivity contribution is 5.95. The summed E-state index contributed by atoms with van der Waals surface area (Å²) in [7, 11) is 1.47. The van der Waals surface area contributed by atoms with E-state index in [0.717, 1.165) is 0 Å². The predicted molar refractivity (Wildman–Crippen MR) is 97.5 cm³/mol. The quantitative estimate of drug-likeness (QED) is 0.655. The van der Waals surface area contributed by atoms with Gasteiger partial charge in [-0.15, -0.1) is 0 Å². The number of halogens is 2. The van der Waals surface area contributed by atoms with Crippen molar-refractivity contribution in [2.45, 2.75) is 13.5 Å². The average molecular weight is 379 g/mol. The summed E-state index contributed by atoms with van der Waals surface area (Å²) in [6, 6.07) is 10.8. The molecule has 0 aromatic heterocycles. The molecule has 2 amide bonds. The molecular weight excluding hydrogens is 360 g/mol. The third kappa shape index (κ3) is 6.14. The van der Waals surface area contributed by atoms with Crippen LogP contribution in [0, 0.1) is 0 Å². The number of alkyl halides is 2. The van der Waals surface area contributed by atoms with Crippen LogP contribution >= 0.6 is 0 Å². The van der Waals surface area contributed by atoms with Gasteiger partial charge in [-0.2, -0.15) is 8.78 Å². The molecule has 0 aliphatic rings. The van der Waals surface area contributed by atoms with E-state index < -0.39 is 12.5 Å². The smallest absolute Gasteiger partial charge is 0.387 e. The van der Waals surface area contributed by atoms with E-state index in [1.54, 1.807) is 24.3 Å². The second kappa shape index (κ2) is 9.37. The molecule has 3 N–H and O–H groups in total. The molecule has 0 aliphatic carbocycles. The zero-order valence-corrected chi connectivity index (χ0v) is 14.7. The van der Waals surface area contributed by atoms with Gasteiger partial charge in [0.15, 0.2) is 0 Å². The number of carbonyl (C=O) groups excluding carboxylic acids is 2. The lowest BCUT2D eigenvalue weighted by molar-refractivity contribution is -0.115. The Morgan fingerprint density at radius 3 is 2.44 bits per heavy atom. The fourth-order valence-corrected chi connectivity index (χ4v) is 2.27. The van der Waals surface area contributed by atoms with Gasteiger partial charge in [0, 0.05) is 12.6 Å². The van der Waals surface area contributed by atoms with Crippen molar-refractivity contribution in [3.63, 3.8) is 0 Å². The van der Waals surface area contributed by atoms with Crippen LogP contribution in [0.15, 0.2) is 42.5 Å². The first-order valence-corrected chi connectivity index (χ1v) is 7.92. The topological polar surface area (TPSA) is 88.7 Å². The first kappa shape index (κ1) is 20.0. The Bertz CT molecular complexity index is 815. The van der Waals surface area contributed by atoms with Crippen molar-refractivity contribution in [3.05, 3.63) is 42.5 Å². The number of hydrogen-bond donors (Lipinski definition) is 3. The van der Waals surface area contributed by atoms with E-state index >= 15 is 0 Å². The van der Waals surface area contributed by atoms with Gasteiger partial charge in [-0.25, -0.2) is 0 Å². The number of anilines is 3. The summed E-state index contributed by atoms with van der Waals surface area (Å²) < 4.78 is 34.4. The van der Waals surface area contributed by atoms with E-state index in [4.69, 9.17) is 4.74 Å². The van der Waals surface area contributed by atoms with Crippen LogP contribution in [0.5, 0.6) is 11.5 Å². The van der Waals surface area contributed by atoms with Crippen LogP contribution in [0.3, 0.4) is 0 Å². The Morgan fingerprint density at radius 2 is 1.78 bits per heavy atom. The molecule has 0 unspecified atom stereocenters. The Balaban J connectivity index is 2.04. The molecule has 2 aromatic carbocycles. The molecular formula is C18H19F2N3O4. The molecule has 0 bridgehead atoms. The maximum Gasteiger partial charge on any atom is 0.387 e. The van der Waals surface area contributed by atoms with Crippen molar-refractivity contribution < 1.29 is 27.8 Å². The number of nitrogens with one attached hydrogen (secondary N) is 3. The van der Waals surface area contributed by atoms with E-state index in [1.165, 1.54) is 32.2 Å². The summed E-state index contributed by atoms with van der Waals surface area (Å²) in [5.41, 5.74) is 1.14. The molecule has 0 spiro atoms. The number of hydrogen-bond acceptors (Lipinski definition) is 5. The van der Waals surface area contributed by atoms with Gasteiger partial charge in [-0.3, -0.25) is 9.59 Å². The standard InChI is InChI=1S/C18H19F2N3O4/c1-11(24)22-12-7-8-15(26-2)14(9-12)21-10-17(25)23-13-5-3-4-6-16(13)27-18(19)20/h3-9,18,21H,10H2,1-2H3,(H,22,24)(H,23,25). The Hall–Kier alpha value is -3.36. The molecule has 0 saturated carbocycles. The van der Waals surface area contributed by atoms with E-state index in [1.807, 2.05) is 0 Å². The number of methoxy groups -OCH3 is 1. The van der Waals surface area contributed by atoms with Gasteiger partial charge in [0.05, 0.1) is 25.0 Å². The number of rotatable bonds is 8. The summed E-state index contributed by atoms with van der Waals surface area (Å²) in [6.07, 6.45) is 0. The van der Waals surface area contributed by atoms with E-state index in [2.05, 4.69) is 20.7 Å². The SMILES string of the molecule is COc1ccc(NC(C)=O)cc1NCC(=O)Nc1ccccc1OC(F)F. The van der Waals surface area contributed by atoms with Crippen LogP contribution in [-0.4, -0.2) is 32.1 Å². The minimum absolute atomic E-state index is 0.128. The number of carbonyl (C=O) groups is 2. The van der Waals surface area contributed by atoms with Gasteiger partial charge in [0.2, 0.25) is 11.8 Å². The lowest BCUT2D eigenvalue weighted by atomic mass is 10.2. The van der Waals surface area contributed by atoms with Crippen molar-refractivity contribution in [3.8, 4) is 11.5 Å². The number of benzene rings is 2. The number of ether oxygens (including phenoxy) is 2. The third-order valence-corrected chi connectivity index (χ3v) is 3.34. The van der Waals surface area contributed by atoms with Gasteiger partial charge >= 0.3 is 6.61 Å². The number of amides is 2. The first-order chi connectivity index (χ1) is 12.9. The summed E-state index contributed by atoms with van der Waals surface area (Å²) in [4.78, 5) is 23.3. The van der Waals surface area contributed by atoms with E-state index in [0.29, 0.717) is 17.1 Å². The Kier molecular flexibility index (Phi) is 6.93. The van der Waals surface area contributed by atoms with Gasteiger partial charge in [-0.05, 0) is 30.3 Å². The third-order valence-electron chi connectivity index (χ3n) is 3.34. The van der Waals surface area contributed by atoms with E-state index in [-0.39, 0.29) is 23.9 Å². The molecule has 0 saturated heterocycles. The molecule has 2 rings (SSSR count). The summed E-state index contributed by atoms with van der Waals surface area (Å²) >= 11 is 0. The fraction of sp³-hybridized carbons (Fsp3) is 0.222. The number of para-hydroxylation sites is 2. The van der Waals surface area contributed by atoms with Crippen molar-refractivity contribution in [1.82, 2.24) is 0 Å². The van der Waals surface area contributed by atoms with Crippen molar-refractivity contribution in [2.75, 3.05) is 29.6 Å². The summed E-state index contributed by atoms with van der Waals surface area (Å²) in [6.45, 7) is -1.78. The van der Waals surface area contributed by atoms with Crippen LogP contribution in [0.1, 0.15) is 6.92 Å². The zero-order valence-electron chi connectivity index (χ0n) is 14.7. The van der Waals surface area contributed by atoms with E-state index in [9.17, 15) is 18.4 Å². The molecule has 0 radical (unpaired) electrons.